The molecule has 4 aliphatic carbocycles. The summed E-state index contributed by atoms with van der Waals surface area (Å²) in [7, 11) is 0. The standard InChI is InChI=1S/C16H12.C2H6/c1-3-11-7-9-13-5-2-6-14-10-8-12(4-1)15(11)16(13)14;1-2/h1-5,7-10,15H,6H2;1-2H3. The molecule has 0 spiro atoms. The maximum absolute atomic E-state index is 2.29. The molecule has 0 amide bonds. The van der Waals surface area contributed by atoms with Gasteiger partial charge in [0.15, 0.2) is 0 Å². The van der Waals surface area contributed by atoms with Crippen LogP contribution in [-0.4, -0.2) is 0 Å². The van der Waals surface area contributed by atoms with E-state index in [4.69, 9.17) is 0 Å². The third-order valence-corrected chi connectivity index (χ3v) is 3.76. The third-order valence-electron chi connectivity index (χ3n) is 3.76. The Bertz CT molecular complexity index is 584. The summed E-state index contributed by atoms with van der Waals surface area (Å²) in [4.78, 5) is 0. The van der Waals surface area contributed by atoms with Crippen molar-refractivity contribution in [2.24, 2.45) is 5.92 Å². The Hall–Kier alpha value is -1.82. The minimum atomic E-state index is 0.509. The van der Waals surface area contributed by atoms with Crippen LogP contribution in [0.5, 0.6) is 0 Å². The van der Waals surface area contributed by atoms with Crippen LogP contribution in [0.15, 0.2) is 82.5 Å². The zero-order valence-electron chi connectivity index (χ0n) is 11.0. The van der Waals surface area contributed by atoms with Crippen molar-refractivity contribution >= 4 is 0 Å². The van der Waals surface area contributed by atoms with Crippen molar-refractivity contribution in [2.45, 2.75) is 20.3 Å². The van der Waals surface area contributed by atoms with Crippen molar-refractivity contribution in [3.8, 4) is 0 Å². The molecule has 0 aromatic rings. The Kier molecular flexibility index (Phi) is 2.79. The van der Waals surface area contributed by atoms with E-state index >= 15 is 0 Å². The lowest BCUT2D eigenvalue weighted by molar-refractivity contribution is 0.832. The molecule has 4 aliphatic rings. The van der Waals surface area contributed by atoms with Gasteiger partial charge in [0, 0.05) is 5.92 Å². The SMILES string of the molecule is C1=CC2=CC=C3CC=CC4=C3C2C(=C1)C=C4.CC. The van der Waals surface area contributed by atoms with E-state index in [1.807, 2.05) is 13.8 Å². The fourth-order valence-corrected chi connectivity index (χ4v) is 3.03. The Labute approximate surface area is 109 Å². The number of allylic oxidation sites excluding steroid dienone is 14. The molecule has 0 aromatic carbocycles. The van der Waals surface area contributed by atoms with Gasteiger partial charge in [-0.1, -0.05) is 68.5 Å². The van der Waals surface area contributed by atoms with Gasteiger partial charge in [-0.25, -0.2) is 0 Å². The average Bonchev–Trinajstić information content (AvgIpc) is 2.47. The smallest absolute Gasteiger partial charge is 0.0348 e. The van der Waals surface area contributed by atoms with Crippen LogP contribution in [0, 0.1) is 5.92 Å². The van der Waals surface area contributed by atoms with Crippen molar-refractivity contribution < 1.29 is 0 Å². The van der Waals surface area contributed by atoms with E-state index in [1.54, 1.807) is 0 Å². The first-order valence-corrected chi connectivity index (χ1v) is 6.82. The molecule has 0 nitrogen and oxygen atoms in total. The molecule has 0 saturated carbocycles. The molecule has 1 atom stereocenters. The van der Waals surface area contributed by atoms with E-state index in [-0.39, 0.29) is 0 Å². The van der Waals surface area contributed by atoms with Crippen LogP contribution in [0.4, 0.5) is 0 Å². The van der Waals surface area contributed by atoms with Gasteiger partial charge < -0.3 is 0 Å². The normalized spacial score (nSPS) is 25.7. The highest BCUT2D eigenvalue weighted by Gasteiger charge is 2.31. The second kappa shape index (κ2) is 4.45. The van der Waals surface area contributed by atoms with Crippen LogP contribution in [0.3, 0.4) is 0 Å². The second-order valence-electron chi connectivity index (χ2n) is 4.63. The molecule has 0 N–H and O–H groups in total. The molecule has 0 bridgehead atoms. The van der Waals surface area contributed by atoms with E-state index in [1.165, 1.54) is 27.9 Å². The number of rotatable bonds is 0. The van der Waals surface area contributed by atoms with Crippen LogP contribution in [0.2, 0.25) is 0 Å². The highest BCUT2D eigenvalue weighted by molar-refractivity contribution is 5.66. The van der Waals surface area contributed by atoms with Crippen LogP contribution < -0.4 is 0 Å². The molecule has 0 aromatic heterocycles. The maximum atomic E-state index is 2.29. The Morgan fingerprint density at radius 3 is 2.61 bits per heavy atom. The summed E-state index contributed by atoms with van der Waals surface area (Å²) in [5.41, 5.74) is 7.32. The van der Waals surface area contributed by atoms with Crippen LogP contribution in [0.1, 0.15) is 20.3 Å². The summed E-state index contributed by atoms with van der Waals surface area (Å²) >= 11 is 0. The highest BCUT2D eigenvalue weighted by atomic mass is 14.3. The fourth-order valence-electron chi connectivity index (χ4n) is 3.03. The monoisotopic (exact) mass is 234 g/mol. The van der Waals surface area contributed by atoms with Gasteiger partial charge in [0.05, 0.1) is 0 Å². The molecular weight excluding hydrogens is 216 g/mol. The quantitative estimate of drug-likeness (QED) is 0.564. The first-order valence-electron chi connectivity index (χ1n) is 6.82. The second-order valence-corrected chi connectivity index (χ2v) is 4.63. The fraction of sp³-hybridized carbons (Fsp3) is 0.222. The molecule has 0 heteroatoms. The zero-order valence-corrected chi connectivity index (χ0v) is 11.0. The van der Waals surface area contributed by atoms with E-state index in [0.717, 1.165) is 6.42 Å². The van der Waals surface area contributed by atoms with E-state index < -0.39 is 0 Å². The lowest BCUT2D eigenvalue weighted by Gasteiger charge is -2.34. The highest BCUT2D eigenvalue weighted by Crippen LogP contribution is 2.46. The average molecular weight is 234 g/mol. The summed E-state index contributed by atoms with van der Waals surface area (Å²) in [5.74, 6) is 0.509. The first-order chi connectivity index (χ1) is 8.93. The van der Waals surface area contributed by atoms with Gasteiger partial charge >= 0.3 is 0 Å². The first kappa shape index (κ1) is 11.3. The van der Waals surface area contributed by atoms with Gasteiger partial charge in [-0.3, -0.25) is 0 Å². The van der Waals surface area contributed by atoms with Crippen molar-refractivity contribution in [1.82, 2.24) is 0 Å². The van der Waals surface area contributed by atoms with Crippen molar-refractivity contribution in [3.63, 3.8) is 0 Å². The van der Waals surface area contributed by atoms with Crippen LogP contribution in [-0.2, 0) is 0 Å². The molecular formula is C18H18. The predicted octanol–water partition coefficient (Wildman–Crippen LogP) is 4.82. The largest absolute Gasteiger partial charge is 0.0795 e. The van der Waals surface area contributed by atoms with E-state index in [2.05, 4.69) is 54.7 Å². The molecule has 90 valence electrons. The third kappa shape index (κ3) is 1.53. The molecule has 4 rings (SSSR count). The Morgan fingerprint density at radius 1 is 0.889 bits per heavy atom. The molecule has 0 heterocycles. The Balaban J connectivity index is 0.000000478. The summed E-state index contributed by atoms with van der Waals surface area (Å²) < 4.78 is 0. The minimum absolute atomic E-state index is 0.509. The molecule has 0 saturated heterocycles. The van der Waals surface area contributed by atoms with Crippen molar-refractivity contribution in [3.05, 3.63) is 82.5 Å². The van der Waals surface area contributed by atoms with E-state index in [9.17, 15) is 0 Å². The van der Waals surface area contributed by atoms with Gasteiger partial charge in [-0.2, -0.15) is 0 Å². The van der Waals surface area contributed by atoms with Gasteiger partial charge in [0.1, 0.15) is 0 Å². The lowest BCUT2D eigenvalue weighted by Crippen LogP contribution is -2.20. The van der Waals surface area contributed by atoms with Gasteiger partial charge in [-0.15, -0.1) is 0 Å². The van der Waals surface area contributed by atoms with Gasteiger partial charge in [0.2, 0.25) is 0 Å². The summed E-state index contributed by atoms with van der Waals surface area (Å²) in [5, 5.41) is 0. The number of hydrogen-bond acceptors (Lipinski definition) is 0. The predicted molar refractivity (Wildman–Crippen MR) is 78.2 cm³/mol. The number of hydrogen-bond donors (Lipinski definition) is 0. The van der Waals surface area contributed by atoms with Crippen molar-refractivity contribution in [1.29, 1.82) is 0 Å². The molecule has 18 heavy (non-hydrogen) atoms. The van der Waals surface area contributed by atoms with Crippen LogP contribution >= 0.6 is 0 Å². The van der Waals surface area contributed by atoms with Crippen LogP contribution in [0.25, 0.3) is 0 Å². The zero-order chi connectivity index (χ0) is 12.5. The van der Waals surface area contributed by atoms with Gasteiger partial charge in [0.25, 0.3) is 0 Å². The topological polar surface area (TPSA) is 0 Å². The molecule has 0 aliphatic heterocycles. The molecule has 0 fully saturated rings. The minimum Gasteiger partial charge on any atom is -0.0795 e. The Morgan fingerprint density at radius 2 is 1.72 bits per heavy atom. The van der Waals surface area contributed by atoms with Crippen molar-refractivity contribution in [2.75, 3.05) is 0 Å². The summed E-state index contributed by atoms with van der Waals surface area (Å²) in [6.07, 6.45) is 21.3. The lowest BCUT2D eigenvalue weighted by atomic mass is 9.69. The summed E-state index contributed by atoms with van der Waals surface area (Å²) in [6.45, 7) is 4.00. The summed E-state index contributed by atoms with van der Waals surface area (Å²) in [6, 6.07) is 0. The van der Waals surface area contributed by atoms with Gasteiger partial charge in [-0.05, 0) is 34.3 Å². The van der Waals surface area contributed by atoms with E-state index in [0.29, 0.717) is 5.92 Å². The maximum Gasteiger partial charge on any atom is 0.0348 e. The molecule has 1 unspecified atom stereocenters. The molecule has 0 radical (unpaired) electrons.